The molecule has 0 saturated carbocycles. The van der Waals surface area contributed by atoms with Crippen LogP contribution < -0.4 is 16.6 Å². The van der Waals surface area contributed by atoms with Gasteiger partial charge in [-0.3, -0.25) is 0 Å². The van der Waals surface area contributed by atoms with Crippen LogP contribution in [0.5, 0.6) is 0 Å². The molecule has 0 heterocycles. The molecule has 21 heavy (non-hydrogen) atoms. The highest BCUT2D eigenvalue weighted by Gasteiger charge is 2.11. The number of benzene rings is 1. The number of hydrogen-bond acceptors (Lipinski definition) is 5. The van der Waals surface area contributed by atoms with Gasteiger partial charge >= 0.3 is 0 Å². The highest BCUT2D eigenvalue weighted by Crippen LogP contribution is 2.25. The number of nitrogens with zero attached hydrogens (tertiary/aromatic N) is 1. The summed E-state index contributed by atoms with van der Waals surface area (Å²) in [5.41, 5.74) is 13.2. The Hall–Kier alpha value is -1.75. The summed E-state index contributed by atoms with van der Waals surface area (Å²) in [5.74, 6) is -1.20. The van der Waals surface area contributed by atoms with Gasteiger partial charge < -0.3 is 26.3 Å². The quantitative estimate of drug-likeness (QED) is 0.668. The summed E-state index contributed by atoms with van der Waals surface area (Å²) in [6, 6.07) is 3.00. The summed E-state index contributed by atoms with van der Waals surface area (Å²) in [4.78, 5) is 13.6. The first-order chi connectivity index (χ1) is 10.0. The fraction of sp³-hybridized carbons (Fsp3) is 0.562. The zero-order valence-corrected chi connectivity index (χ0v) is 13.0. The summed E-state index contributed by atoms with van der Waals surface area (Å²) < 4.78 is 0. The molecule has 1 rings (SSSR count). The third-order valence-electron chi connectivity index (χ3n) is 3.59. The number of anilines is 2. The molecule has 5 heteroatoms. The van der Waals surface area contributed by atoms with Crippen molar-refractivity contribution in [3.63, 3.8) is 0 Å². The minimum atomic E-state index is -1.20. The zero-order chi connectivity index (χ0) is 15.8. The van der Waals surface area contributed by atoms with Crippen molar-refractivity contribution in [2.45, 2.75) is 39.5 Å². The van der Waals surface area contributed by atoms with Crippen molar-refractivity contribution in [3.8, 4) is 0 Å². The first-order valence-corrected chi connectivity index (χ1v) is 7.61. The summed E-state index contributed by atoms with van der Waals surface area (Å²) in [7, 11) is 0. The van der Waals surface area contributed by atoms with Gasteiger partial charge in [0.15, 0.2) is 0 Å². The van der Waals surface area contributed by atoms with Crippen molar-refractivity contribution in [1.29, 1.82) is 0 Å². The number of nitrogen functional groups attached to an aromatic ring is 2. The number of aromatic carboxylic acids is 1. The molecule has 0 aromatic heterocycles. The van der Waals surface area contributed by atoms with Gasteiger partial charge in [-0.15, -0.1) is 0 Å². The van der Waals surface area contributed by atoms with Crippen LogP contribution in [0.15, 0.2) is 12.1 Å². The highest BCUT2D eigenvalue weighted by atomic mass is 16.4. The maximum absolute atomic E-state index is 11.2. The molecule has 1 aromatic rings. The molecule has 0 aliphatic rings. The summed E-state index contributed by atoms with van der Waals surface area (Å²) in [6.45, 7) is 7.38. The van der Waals surface area contributed by atoms with Gasteiger partial charge in [-0.05, 0) is 56.9 Å². The number of rotatable bonds is 9. The van der Waals surface area contributed by atoms with E-state index in [9.17, 15) is 9.90 Å². The minimum absolute atomic E-state index is 0.152. The van der Waals surface area contributed by atoms with E-state index in [1.165, 1.54) is 12.1 Å². The van der Waals surface area contributed by atoms with Gasteiger partial charge in [0.05, 0.1) is 17.3 Å². The van der Waals surface area contributed by atoms with E-state index in [0.29, 0.717) is 23.4 Å². The Morgan fingerprint density at radius 2 is 1.76 bits per heavy atom. The molecule has 0 aliphatic carbocycles. The Morgan fingerprint density at radius 3 is 2.29 bits per heavy atom. The third-order valence-corrected chi connectivity index (χ3v) is 3.59. The predicted octanol–water partition coefficient (Wildman–Crippen LogP) is 1.27. The van der Waals surface area contributed by atoms with Gasteiger partial charge in [0.1, 0.15) is 0 Å². The second-order valence-corrected chi connectivity index (χ2v) is 5.33. The van der Waals surface area contributed by atoms with Gasteiger partial charge in [-0.2, -0.15) is 0 Å². The van der Waals surface area contributed by atoms with Crippen LogP contribution in [0.2, 0.25) is 0 Å². The van der Waals surface area contributed by atoms with Crippen LogP contribution in [0.25, 0.3) is 0 Å². The topological polar surface area (TPSA) is 95.4 Å². The Labute approximate surface area is 126 Å². The van der Waals surface area contributed by atoms with E-state index in [0.717, 1.165) is 38.9 Å². The number of hydrogen-bond donors (Lipinski definition) is 2. The molecule has 4 N–H and O–H groups in total. The fourth-order valence-electron chi connectivity index (χ4n) is 2.59. The lowest BCUT2D eigenvalue weighted by molar-refractivity contribution is -0.255. The number of carboxylic acid groups (broad SMARTS) is 1. The smallest absolute Gasteiger partial charge is 0.0718 e. The van der Waals surface area contributed by atoms with Crippen LogP contribution >= 0.6 is 0 Å². The van der Waals surface area contributed by atoms with Gasteiger partial charge in [0, 0.05) is 5.56 Å². The van der Waals surface area contributed by atoms with Crippen LogP contribution in [0.4, 0.5) is 11.4 Å². The predicted molar refractivity (Wildman–Crippen MR) is 84.9 cm³/mol. The molecular weight excluding hydrogens is 266 g/mol. The number of carbonyl (C=O) groups is 1. The Balaban J connectivity index is 2.74. The zero-order valence-electron chi connectivity index (χ0n) is 13.0. The molecule has 0 spiro atoms. The molecule has 0 radical (unpaired) electrons. The third kappa shape index (κ3) is 4.93. The van der Waals surface area contributed by atoms with E-state index in [2.05, 4.69) is 18.7 Å². The summed E-state index contributed by atoms with van der Waals surface area (Å²) in [5, 5.41) is 11.2. The lowest BCUT2D eigenvalue weighted by Gasteiger charge is -2.21. The molecule has 1 aromatic carbocycles. The number of carbonyl (C=O) groups excluding carboxylic acids is 1. The molecule has 0 bridgehead atoms. The van der Waals surface area contributed by atoms with Crippen LogP contribution in [0.3, 0.4) is 0 Å². The average molecular weight is 292 g/mol. The van der Waals surface area contributed by atoms with Gasteiger partial charge in [0.2, 0.25) is 0 Å². The summed E-state index contributed by atoms with van der Waals surface area (Å²) >= 11 is 0. The Kier molecular flexibility index (Phi) is 7.02. The summed E-state index contributed by atoms with van der Waals surface area (Å²) in [6.07, 6.45) is 3.69. The maximum Gasteiger partial charge on any atom is 0.0718 e. The Morgan fingerprint density at radius 1 is 1.14 bits per heavy atom. The first-order valence-electron chi connectivity index (χ1n) is 7.61. The first kappa shape index (κ1) is 17.3. The monoisotopic (exact) mass is 292 g/mol. The minimum Gasteiger partial charge on any atom is -0.545 e. The van der Waals surface area contributed by atoms with Gasteiger partial charge in [0.25, 0.3) is 0 Å². The molecule has 0 fully saturated rings. The van der Waals surface area contributed by atoms with E-state index in [4.69, 9.17) is 11.5 Å². The normalized spacial score (nSPS) is 11.0. The van der Waals surface area contributed by atoms with Crippen LogP contribution in [-0.4, -0.2) is 30.5 Å². The van der Waals surface area contributed by atoms with E-state index in [-0.39, 0.29) is 5.56 Å². The second kappa shape index (κ2) is 8.52. The molecule has 118 valence electrons. The van der Waals surface area contributed by atoms with Crippen molar-refractivity contribution >= 4 is 17.3 Å². The van der Waals surface area contributed by atoms with Gasteiger partial charge in [-0.1, -0.05) is 19.9 Å². The number of carboxylic acids is 1. The van der Waals surface area contributed by atoms with Crippen LogP contribution in [0.1, 0.15) is 49.0 Å². The van der Waals surface area contributed by atoms with Crippen molar-refractivity contribution in [2.24, 2.45) is 0 Å². The average Bonchev–Trinajstić information content (AvgIpc) is 2.43. The lowest BCUT2D eigenvalue weighted by atomic mass is 9.99. The molecule has 5 nitrogen and oxygen atoms in total. The van der Waals surface area contributed by atoms with E-state index in [1.807, 2.05) is 0 Å². The molecular formula is C16H26N3O2-. The van der Waals surface area contributed by atoms with E-state index >= 15 is 0 Å². The lowest BCUT2D eigenvalue weighted by Crippen LogP contribution is -2.28. The Bertz CT molecular complexity index is 469. The molecule has 0 unspecified atom stereocenters. The van der Waals surface area contributed by atoms with Crippen molar-refractivity contribution in [1.82, 2.24) is 4.90 Å². The van der Waals surface area contributed by atoms with E-state index in [1.54, 1.807) is 0 Å². The van der Waals surface area contributed by atoms with Crippen LogP contribution in [0, 0.1) is 0 Å². The maximum atomic E-state index is 11.2. The van der Waals surface area contributed by atoms with Gasteiger partial charge in [-0.25, -0.2) is 0 Å². The van der Waals surface area contributed by atoms with Crippen molar-refractivity contribution < 1.29 is 9.90 Å². The second-order valence-electron chi connectivity index (χ2n) is 5.33. The molecule has 0 amide bonds. The molecule has 0 saturated heterocycles. The fourth-order valence-corrected chi connectivity index (χ4v) is 2.59. The standard InChI is InChI=1S/C16H27N3O2/c1-3-9-19(10-4-2)11-5-6-12-13(16(20)21)7-8-14(17)15(12)18/h7-8H,3-6,9-11,17-18H2,1-2H3,(H,20,21)/p-1. The number of nitrogens with two attached hydrogens (primary N) is 2. The van der Waals surface area contributed by atoms with Crippen LogP contribution in [-0.2, 0) is 6.42 Å². The van der Waals surface area contributed by atoms with Crippen molar-refractivity contribution in [2.75, 3.05) is 31.1 Å². The molecule has 0 aliphatic heterocycles. The largest absolute Gasteiger partial charge is 0.545 e. The SMILES string of the molecule is CCCN(CCC)CCCc1c(C(=O)[O-])ccc(N)c1N. The highest BCUT2D eigenvalue weighted by molar-refractivity contribution is 5.91. The molecule has 0 atom stereocenters. The van der Waals surface area contributed by atoms with Crippen molar-refractivity contribution in [3.05, 3.63) is 23.3 Å². The van der Waals surface area contributed by atoms with E-state index < -0.39 is 5.97 Å².